The summed E-state index contributed by atoms with van der Waals surface area (Å²) >= 11 is 2.22. The summed E-state index contributed by atoms with van der Waals surface area (Å²) in [7, 11) is -1.54. The van der Waals surface area contributed by atoms with Crippen LogP contribution in [0.4, 0.5) is 0 Å². The molecule has 0 saturated heterocycles. The Morgan fingerprint density at radius 1 is 1.38 bits per heavy atom. The van der Waals surface area contributed by atoms with Crippen molar-refractivity contribution in [1.82, 2.24) is 0 Å². The molecule has 94 valence electrons. The largest absolute Gasteiger partial charge is 0.417 e. The molecule has 0 spiro atoms. The minimum Gasteiger partial charge on any atom is -0.417 e. The first-order valence-corrected chi connectivity index (χ1v) is 9.94. The second kappa shape index (κ2) is 6.96. The van der Waals surface area contributed by atoms with Gasteiger partial charge in [-0.15, -0.1) is 0 Å². The van der Waals surface area contributed by atoms with E-state index in [0.29, 0.717) is 5.04 Å². The molecule has 0 unspecified atom stereocenters. The zero-order valence-corrected chi connectivity index (χ0v) is 14.4. The van der Waals surface area contributed by atoms with Crippen LogP contribution in [0.2, 0.25) is 18.1 Å². The molecule has 0 rings (SSSR count). The van der Waals surface area contributed by atoms with Gasteiger partial charge in [-0.3, -0.25) is 0 Å². The molecular formula is C13H25IOSi. The Morgan fingerprint density at radius 3 is 2.38 bits per heavy atom. The van der Waals surface area contributed by atoms with Crippen LogP contribution < -0.4 is 0 Å². The molecule has 1 nitrogen and oxygen atoms in total. The first kappa shape index (κ1) is 16.4. The molecule has 0 N–H and O–H groups in total. The predicted octanol–water partition coefficient (Wildman–Crippen LogP) is 5.29. The normalized spacial score (nSPS) is 13.4. The summed E-state index contributed by atoms with van der Waals surface area (Å²) in [5.74, 6) is 0. The lowest BCUT2D eigenvalue weighted by Gasteiger charge is -2.36. The third-order valence-corrected chi connectivity index (χ3v) is 8.11. The van der Waals surface area contributed by atoms with E-state index in [9.17, 15) is 0 Å². The van der Waals surface area contributed by atoms with E-state index in [4.69, 9.17) is 4.43 Å². The van der Waals surface area contributed by atoms with E-state index in [1.165, 1.54) is 5.57 Å². The molecule has 3 heteroatoms. The van der Waals surface area contributed by atoms with Gasteiger partial charge < -0.3 is 4.43 Å². The Balaban J connectivity index is 3.87. The fraction of sp³-hybridized carbons (Fsp3) is 0.692. The van der Waals surface area contributed by atoms with Gasteiger partial charge in [-0.2, -0.15) is 0 Å². The van der Waals surface area contributed by atoms with Crippen molar-refractivity contribution < 1.29 is 4.43 Å². The van der Waals surface area contributed by atoms with Crippen LogP contribution in [0.25, 0.3) is 0 Å². The maximum absolute atomic E-state index is 6.09. The second-order valence-electron chi connectivity index (χ2n) is 5.66. The summed E-state index contributed by atoms with van der Waals surface area (Å²) in [4.78, 5) is 0. The molecule has 0 aromatic rings. The third kappa shape index (κ3) is 6.20. The average molecular weight is 352 g/mol. The van der Waals surface area contributed by atoms with Gasteiger partial charge in [0.05, 0.1) is 0 Å². The minimum absolute atomic E-state index is 0.312. The molecule has 0 amide bonds. The zero-order chi connectivity index (χ0) is 12.8. The molecule has 0 heterocycles. The average Bonchev–Trinajstić information content (AvgIpc) is 2.11. The maximum atomic E-state index is 6.09. The summed E-state index contributed by atoms with van der Waals surface area (Å²) in [6.07, 6.45) is 4.17. The molecule has 0 radical (unpaired) electrons. The van der Waals surface area contributed by atoms with Crippen molar-refractivity contribution in [3.8, 4) is 0 Å². The second-order valence-corrected chi connectivity index (χ2v) is 11.2. The van der Waals surface area contributed by atoms with Crippen molar-refractivity contribution in [3.63, 3.8) is 0 Å². The van der Waals surface area contributed by atoms with E-state index in [2.05, 4.69) is 69.1 Å². The highest BCUT2D eigenvalue weighted by Gasteiger charge is 2.36. The van der Waals surface area contributed by atoms with Crippen LogP contribution in [0.5, 0.6) is 0 Å². The van der Waals surface area contributed by atoms with Crippen LogP contribution in [0, 0.1) is 0 Å². The molecule has 0 fully saturated rings. The standard InChI is InChI=1S/C13H25IOSi/c1-12(9-10-14)8-7-11-15-16(5,6)13(2,3)4/h9-10H,1,7-8,11H2,2-6H3/b10-9-. The number of allylic oxidation sites excluding steroid dienone is 2. The van der Waals surface area contributed by atoms with Crippen LogP contribution in [0.1, 0.15) is 33.6 Å². The van der Waals surface area contributed by atoms with Crippen molar-refractivity contribution in [1.29, 1.82) is 0 Å². The fourth-order valence-corrected chi connectivity index (χ4v) is 2.61. The van der Waals surface area contributed by atoms with Crippen molar-refractivity contribution in [2.24, 2.45) is 0 Å². The molecule has 0 atom stereocenters. The predicted molar refractivity (Wildman–Crippen MR) is 84.7 cm³/mol. The van der Waals surface area contributed by atoms with Gasteiger partial charge in [-0.25, -0.2) is 0 Å². The Kier molecular flexibility index (Phi) is 7.13. The minimum atomic E-state index is -1.54. The summed E-state index contributed by atoms with van der Waals surface area (Å²) in [6.45, 7) is 16.3. The monoisotopic (exact) mass is 352 g/mol. The molecule has 0 bridgehead atoms. The van der Waals surface area contributed by atoms with Crippen molar-refractivity contribution >= 4 is 30.9 Å². The molecule has 0 aliphatic carbocycles. The van der Waals surface area contributed by atoms with E-state index in [1.807, 2.05) is 4.08 Å². The lowest BCUT2D eigenvalue weighted by atomic mass is 10.2. The van der Waals surface area contributed by atoms with Crippen molar-refractivity contribution in [3.05, 3.63) is 22.3 Å². The lowest BCUT2D eigenvalue weighted by Crippen LogP contribution is -2.40. The number of hydrogen-bond donors (Lipinski definition) is 0. The van der Waals surface area contributed by atoms with E-state index >= 15 is 0 Å². The summed E-state index contributed by atoms with van der Waals surface area (Å²) in [6, 6.07) is 0. The topological polar surface area (TPSA) is 9.23 Å². The van der Waals surface area contributed by atoms with Crippen LogP contribution in [0.15, 0.2) is 22.3 Å². The summed E-state index contributed by atoms with van der Waals surface area (Å²) < 4.78 is 8.10. The van der Waals surface area contributed by atoms with Crippen LogP contribution >= 0.6 is 22.6 Å². The zero-order valence-electron chi connectivity index (χ0n) is 11.3. The van der Waals surface area contributed by atoms with Crippen molar-refractivity contribution in [2.75, 3.05) is 6.61 Å². The fourth-order valence-electron chi connectivity index (χ4n) is 1.02. The van der Waals surface area contributed by atoms with Gasteiger partial charge in [0.25, 0.3) is 0 Å². The lowest BCUT2D eigenvalue weighted by molar-refractivity contribution is 0.283. The van der Waals surface area contributed by atoms with Gasteiger partial charge in [-0.05, 0) is 35.1 Å². The first-order chi connectivity index (χ1) is 7.20. The Hall–Kier alpha value is 0.387. The molecule has 0 aromatic carbocycles. The van der Waals surface area contributed by atoms with Gasteiger partial charge >= 0.3 is 0 Å². The van der Waals surface area contributed by atoms with E-state index in [-0.39, 0.29) is 0 Å². The number of hydrogen-bond acceptors (Lipinski definition) is 1. The quantitative estimate of drug-likeness (QED) is 0.273. The van der Waals surface area contributed by atoms with Gasteiger partial charge in [0.15, 0.2) is 8.32 Å². The Labute approximate surface area is 116 Å². The van der Waals surface area contributed by atoms with Crippen LogP contribution in [-0.2, 0) is 4.43 Å². The van der Waals surface area contributed by atoms with E-state index < -0.39 is 8.32 Å². The molecule has 16 heavy (non-hydrogen) atoms. The number of halogens is 1. The molecule has 0 aliphatic rings. The highest BCUT2D eigenvalue weighted by molar-refractivity contribution is 14.1. The SMILES string of the molecule is C=C(/C=C\I)CCCO[Si](C)(C)C(C)(C)C. The Bertz CT molecular complexity index is 251. The number of rotatable bonds is 6. The highest BCUT2D eigenvalue weighted by atomic mass is 127. The van der Waals surface area contributed by atoms with Gasteiger partial charge in [-0.1, -0.05) is 61.6 Å². The van der Waals surface area contributed by atoms with Gasteiger partial charge in [0.2, 0.25) is 0 Å². The van der Waals surface area contributed by atoms with E-state index in [1.54, 1.807) is 0 Å². The summed E-state index contributed by atoms with van der Waals surface area (Å²) in [5.41, 5.74) is 1.19. The Morgan fingerprint density at radius 2 is 1.94 bits per heavy atom. The van der Waals surface area contributed by atoms with E-state index in [0.717, 1.165) is 19.4 Å². The maximum Gasteiger partial charge on any atom is 0.191 e. The molecule has 0 aromatic heterocycles. The van der Waals surface area contributed by atoms with Gasteiger partial charge in [0.1, 0.15) is 0 Å². The summed E-state index contributed by atoms with van der Waals surface area (Å²) in [5, 5.41) is 0.312. The van der Waals surface area contributed by atoms with Gasteiger partial charge in [0, 0.05) is 6.61 Å². The molecule has 0 saturated carbocycles. The van der Waals surface area contributed by atoms with Crippen LogP contribution in [-0.4, -0.2) is 14.9 Å². The highest BCUT2D eigenvalue weighted by Crippen LogP contribution is 2.36. The molecular weight excluding hydrogens is 327 g/mol. The van der Waals surface area contributed by atoms with Crippen LogP contribution in [0.3, 0.4) is 0 Å². The first-order valence-electron chi connectivity index (χ1n) is 5.79. The third-order valence-electron chi connectivity index (χ3n) is 3.21. The van der Waals surface area contributed by atoms with Crippen molar-refractivity contribution in [2.45, 2.75) is 51.7 Å². The molecule has 0 aliphatic heterocycles. The smallest absolute Gasteiger partial charge is 0.191 e.